The second kappa shape index (κ2) is 6.48. The van der Waals surface area contributed by atoms with Crippen molar-refractivity contribution in [3.63, 3.8) is 0 Å². The van der Waals surface area contributed by atoms with Gasteiger partial charge >= 0.3 is 0 Å². The van der Waals surface area contributed by atoms with Crippen molar-refractivity contribution in [1.29, 1.82) is 0 Å². The predicted molar refractivity (Wildman–Crippen MR) is 102 cm³/mol. The molecule has 0 unspecified atom stereocenters. The molecule has 2 aliphatic heterocycles. The Balaban J connectivity index is 1.35. The zero-order chi connectivity index (χ0) is 17.5. The Morgan fingerprint density at radius 1 is 1.27 bits per heavy atom. The molecule has 134 valence electrons. The van der Waals surface area contributed by atoms with Crippen molar-refractivity contribution in [2.45, 2.75) is 25.2 Å². The van der Waals surface area contributed by atoms with E-state index in [0.717, 1.165) is 72.7 Å². The number of hydrogen-bond donors (Lipinski definition) is 1. The van der Waals surface area contributed by atoms with Crippen molar-refractivity contribution >= 4 is 34.4 Å². The molecule has 0 atom stereocenters. The minimum Gasteiger partial charge on any atom is -0.346 e. The van der Waals surface area contributed by atoms with Gasteiger partial charge in [0.05, 0.1) is 10.7 Å². The van der Waals surface area contributed by atoms with Crippen LogP contribution in [0.4, 0.5) is 0 Å². The number of piperidine rings is 1. The third-order valence-corrected chi connectivity index (χ3v) is 5.84. The van der Waals surface area contributed by atoms with Crippen LogP contribution in [0.25, 0.3) is 16.6 Å². The van der Waals surface area contributed by atoms with Crippen LogP contribution in [0, 0.1) is 0 Å². The van der Waals surface area contributed by atoms with E-state index >= 15 is 0 Å². The molecule has 1 N–H and O–H groups in total. The van der Waals surface area contributed by atoms with Crippen LogP contribution in [0.1, 0.15) is 30.9 Å². The number of dihydropyridines is 1. The highest BCUT2D eigenvalue weighted by Gasteiger charge is 2.26. The van der Waals surface area contributed by atoms with Crippen LogP contribution < -0.4 is 0 Å². The molecule has 5 heterocycles. The summed E-state index contributed by atoms with van der Waals surface area (Å²) in [4.78, 5) is 14.3. The number of aromatic nitrogens is 5. The van der Waals surface area contributed by atoms with Crippen molar-refractivity contribution in [3.05, 3.63) is 34.9 Å². The van der Waals surface area contributed by atoms with E-state index in [1.54, 1.807) is 17.1 Å². The molecule has 3 aromatic heterocycles. The fourth-order valence-corrected chi connectivity index (χ4v) is 4.26. The molecule has 7 nitrogen and oxygen atoms in total. The van der Waals surface area contributed by atoms with Gasteiger partial charge in [-0.05, 0) is 44.0 Å². The molecule has 2 aliphatic rings. The normalized spacial score (nSPS) is 19.9. The van der Waals surface area contributed by atoms with Crippen LogP contribution in [0.2, 0.25) is 0 Å². The predicted octanol–water partition coefficient (Wildman–Crippen LogP) is 2.75. The van der Waals surface area contributed by atoms with Gasteiger partial charge in [0.2, 0.25) is 0 Å². The molecule has 1 fully saturated rings. The summed E-state index contributed by atoms with van der Waals surface area (Å²) in [6.07, 6.45) is 8.60. The monoisotopic (exact) mass is 369 g/mol. The number of likely N-dealkylation sites (tertiary alicyclic amines) is 1. The molecule has 0 bridgehead atoms. The summed E-state index contributed by atoms with van der Waals surface area (Å²) in [6.45, 7) is 3.91. The van der Waals surface area contributed by atoms with Gasteiger partial charge in [-0.2, -0.15) is 0 Å². The number of halogens is 1. The lowest BCUT2D eigenvalue weighted by atomic mass is 9.92. The van der Waals surface area contributed by atoms with E-state index in [2.05, 4.69) is 36.2 Å². The Hall–Kier alpha value is -2.25. The number of hydrogen-bond acceptors (Lipinski definition) is 5. The van der Waals surface area contributed by atoms with Crippen molar-refractivity contribution in [1.82, 2.24) is 29.7 Å². The average Bonchev–Trinajstić information content (AvgIpc) is 3.30. The first-order valence-corrected chi connectivity index (χ1v) is 9.44. The first-order chi connectivity index (χ1) is 12.8. The van der Waals surface area contributed by atoms with E-state index in [1.165, 1.54) is 5.57 Å². The maximum absolute atomic E-state index is 6.30. The maximum Gasteiger partial charge on any atom is 0.141 e. The summed E-state index contributed by atoms with van der Waals surface area (Å²) in [5.41, 5.74) is 4.39. The maximum atomic E-state index is 6.30. The van der Waals surface area contributed by atoms with Gasteiger partial charge in [-0.25, -0.2) is 9.50 Å². The summed E-state index contributed by atoms with van der Waals surface area (Å²) < 4.78 is 1.80. The number of rotatable bonds is 3. The van der Waals surface area contributed by atoms with Crippen LogP contribution in [0.15, 0.2) is 34.2 Å². The zero-order valence-electron chi connectivity index (χ0n) is 14.4. The largest absolute Gasteiger partial charge is 0.346 e. The van der Waals surface area contributed by atoms with E-state index in [4.69, 9.17) is 11.6 Å². The summed E-state index contributed by atoms with van der Waals surface area (Å²) in [5.74, 6) is 0.432. The highest BCUT2D eigenvalue weighted by molar-refractivity contribution is 6.39. The second-order valence-corrected chi connectivity index (χ2v) is 7.45. The van der Waals surface area contributed by atoms with Crippen molar-refractivity contribution in [2.75, 3.05) is 26.2 Å². The standard InChI is InChI=1S/C18H20ClN7/c19-15-9-20-5-1-13(15)10-25-7-3-12(4-8-25)16-17-14-2-6-21-18(14)22-11-26(17)24-23-16/h2,6,9,11-12,21H,1,3-5,7-8,10H2. The van der Waals surface area contributed by atoms with Crippen LogP contribution in [0.5, 0.6) is 0 Å². The lowest BCUT2D eigenvalue weighted by Crippen LogP contribution is -2.35. The SMILES string of the molecule is ClC1=C(CN2CCC(c3nnn4cnc5[nH]ccc5c34)CC2)CCN=C1. The highest BCUT2D eigenvalue weighted by Crippen LogP contribution is 2.32. The molecule has 0 amide bonds. The lowest BCUT2D eigenvalue weighted by molar-refractivity contribution is 0.225. The number of allylic oxidation sites excluding steroid dienone is 1. The lowest BCUT2D eigenvalue weighted by Gasteiger charge is -2.32. The van der Waals surface area contributed by atoms with Gasteiger partial charge in [0.25, 0.3) is 0 Å². The Labute approximate surface area is 155 Å². The smallest absolute Gasteiger partial charge is 0.141 e. The summed E-state index contributed by atoms with van der Waals surface area (Å²) in [7, 11) is 0. The number of H-pyrrole nitrogens is 1. The van der Waals surface area contributed by atoms with E-state index in [-0.39, 0.29) is 0 Å². The molecule has 0 aliphatic carbocycles. The first-order valence-electron chi connectivity index (χ1n) is 9.06. The van der Waals surface area contributed by atoms with Crippen LogP contribution in [0.3, 0.4) is 0 Å². The number of nitrogens with one attached hydrogen (secondary N) is 1. The quantitative estimate of drug-likeness (QED) is 0.770. The van der Waals surface area contributed by atoms with Gasteiger partial charge in [-0.15, -0.1) is 5.10 Å². The summed E-state index contributed by atoms with van der Waals surface area (Å²) in [6, 6.07) is 2.05. The Bertz CT molecular complexity index is 1010. The third kappa shape index (κ3) is 2.71. The molecule has 3 aromatic rings. The average molecular weight is 370 g/mol. The minimum atomic E-state index is 0.432. The van der Waals surface area contributed by atoms with Gasteiger partial charge in [0, 0.05) is 36.8 Å². The van der Waals surface area contributed by atoms with Gasteiger partial charge in [-0.3, -0.25) is 9.89 Å². The molecule has 0 saturated carbocycles. The fourth-order valence-electron chi connectivity index (χ4n) is 4.04. The first kappa shape index (κ1) is 16.0. The number of aromatic amines is 1. The van der Waals surface area contributed by atoms with Gasteiger partial charge in [-0.1, -0.05) is 16.8 Å². The fraction of sp³-hybridized carbons (Fsp3) is 0.444. The Morgan fingerprint density at radius 3 is 3.00 bits per heavy atom. The molecule has 0 radical (unpaired) electrons. The van der Waals surface area contributed by atoms with E-state index in [9.17, 15) is 0 Å². The molecule has 8 heteroatoms. The number of nitrogens with zero attached hydrogens (tertiary/aromatic N) is 6. The molecular formula is C18H20ClN7. The number of fused-ring (bicyclic) bond motifs is 3. The van der Waals surface area contributed by atoms with Crippen LogP contribution in [-0.4, -0.2) is 62.1 Å². The second-order valence-electron chi connectivity index (χ2n) is 7.04. The summed E-state index contributed by atoms with van der Waals surface area (Å²) in [5, 5.41) is 10.7. The van der Waals surface area contributed by atoms with Crippen molar-refractivity contribution in [2.24, 2.45) is 4.99 Å². The molecular weight excluding hydrogens is 350 g/mol. The molecule has 26 heavy (non-hydrogen) atoms. The van der Waals surface area contributed by atoms with Crippen molar-refractivity contribution in [3.8, 4) is 0 Å². The van der Waals surface area contributed by atoms with E-state index in [1.807, 2.05) is 6.20 Å². The molecule has 0 aromatic carbocycles. The van der Waals surface area contributed by atoms with E-state index < -0.39 is 0 Å². The van der Waals surface area contributed by atoms with Gasteiger partial charge in [0.1, 0.15) is 17.5 Å². The van der Waals surface area contributed by atoms with Crippen molar-refractivity contribution < 1.29 is 0 Å². The van der Waals surface area contributed by atoms with Gasteiger partial charge in [0.15, 0.2) is 0 Å². The Kier molecular flexibility index (Phi) is 3.98. The minimum absolute atomic E-state index is 0.432. The van der Waals surface area contributed by atoms with Crippen LogP contribution in [-0.2, 0) is 0 Å². The topological polar surface area (TPSA) is 74.5 Å². The molecule has 1 saturated heterocycles. The molecule has 5 rings (SSSR count). The van der Waals surface area contributed by atoms with Gasteiger partial charge < -0.3 is 4.98 Å². The third-order valence-electron chi connectivity index (χ3n) is 5.47. The highest BCUT2D eigenvalue weighted by atomic mass is 35.5. The van der Waals surface area contributed by atoms with E-state index in [0.29, 0.717) is 5.92 Å². The van der Waals surface area contributed by atoms with Crippen LogP contribution >= 0.6 is 11.6 Å². The number of aliphatic imine (C=N–C) groups is 1. The molecule has 0 spiro atoms. The summed E-state index contributed by atoms with van der Waals surface area (Å²) >= 11 is 6.30. The Morgan fingerprint density at radius 2 is 2.15 bits per heavy atom. The zero-order valence-corrected chi connectivity index (χ0v) is 15.2.